The lowest BCUT2D eigenvalue weighted by atomic mass is 9.97. The first-order chi connectivity index (χ1) is 12.9. The highest BCUT2D eigenvalue weighted by Gasteiger charge is 2.51. The molecule has 0 spiro atoms. The average Bonchev–Trinajstić information content (AvgIpc) is 3.36. The number of rotatable bonds is 4. The lowest BCUT2D eigenvalue weighted by Crippen LogP contribution is -2.56. The molecule has 1 aromatic rings. The Labute approximate surface area is 159 Å². The maximum Gasteiger partial charge on any atom is 0.241 e. The molecule has 4 rings (SSSR count). The van der Waals surface area contributed by atoms with Crippen LogP contribution < -0.4 is 10.0 Å². The maximum absolute atomic E-state index is 12.8. The Balaban J connectivity index is 1.41. The predicted molar refractivity (Wildman–Crippen MR) is 99.1 cm³/mol. The normalized spacial score (nSPS) is 32.6. The molecule has 7 nitrogen and oxygen atoms in total. The topological polar surface area (TPSA) is 102 Å². The second kappa shape index (κ2) is 6.89. The Morgan fingerprint density at radius 2 is 2.04 bits per heavy atom. The molecule has 2 N–H and O–H groups in total. The molecule has 3 aliphatic rings. The van der Waals surface area contributed by atoms with E-state index in [1.165, 1.54) is 0 Å². The Hall–Kier alpha value is -1.95. The van der Waals surface area contributed by atoms with Gasteiger partial charge in [0.2, 0.25) is 15.9 Å². The molecule has 3 fully saturated rings. The first kappa shape index (κ1) is 18.4. The van der Waals surface area contributed by atoms with Crippen LogP contribution in [0.5, 0.6) is 0 Å². The van der Waals surface area contributed by atoms with Gasteiger partial charge in [-0.05, 0) is 50.7 Å². The zero-order valence-corrected chi connectivity index (χ0v) is 16.1. The summed E-state index contributed by atoms with van der Waals surface area (Å²) in [6.07, 6.45) is 3.03. The number of aryl methyl sites for hydroxylation is 1. The molecular formula is C19H24N4O3S. The summed E-state index contributed by atoms with van der Waals surface area (Å²) in [6, 6.07) is 8.11. The summed E-state index contributed by atoms with van der Waals surface area (Å²) in [7, 11) is -3.58. The molecule has 1 amide bonds. The van der Waals surface area contributed by atoms with E-state index in [1.54, 1.807) is 29.2 Å². The molecule has 144 valence electrons. The highest BCUT2D eigenvalue weighted by Crippen LogP contribution is 2.37. The van der Waals surface area contributed by atoms with E-state index in [0.717, 1.165) is 24.8 Å². The smallest absolute Gasteiger partial charge is 0.241 e. The fraction of sp³-hybridized carbons (Fsp3) is 0.579. The fourth-order valence-corrected chi connectivity index (χ4v) is 5.92. The minimum Gasteiger partial charge on any atom is -0.325 e. The van der Waals surface area contributed by atoms with Crippen molar-refractivity contribution in [2.45, 2.75) is 61.7 Å². The molecule has 0 unspecified atom stereocenters. The molecular weight excluding hydrogens is 364 g/mol. The zero-order chi connectivity index (χ0) is 19.2. The molecule has 2 heterocycles. The van der Waals surface area contributed by atoms with Gasteiger partial charge in [0.25, 0.3) is 0 Å². The lowest BCUT2D eigenvalue weighted by Gasteiger charge is -2.32. The SMILES string of the molecule is Cc1ccc(S(=O)(=O)N[C@@H]2C[C@H]3C[C@@H]2N[C@@H]3C(=O)N2CCC[C@H]2C#N)cc1. The van der Waals surface area contributed by atoms with Gasteiger partial charge in [-0.25, -0.2) is 13.1 Å². The summed E-state index contributed by atoms with van der Waals surface area (Å²) < 4.78 is 28.1. The van der Waals surface area contributed by atoms with Crippen molar-refractivity contribution >= 4 is 15.9 Å². The summed E-state index contributed by atoms with van der Waals surface area (Å²) in [6.45, 7) is 2.55. The molecule has 1 saturated carbocycles. The number of sulfonamides is 1. The van der Waals surface area contributed by atoms with E-state index >= 15 is 0 Å². The number of carbonyl (C=O) groups is 1. The van der Waals surface area contributed by atoms with Crippen LogP contribution >= 0.6 is 0 Å². The molecule has 8 heteroatoms. The van der Waals surface area contributed by atoms with Crippen molar-refractivity contribution in [2.75, 3.05) is 6.54 Å². The number of nitrogens with one attached hydrogen (secondary N) is 2. The number of amides is 1. The van der Waals surface area contributed by atoms with E-state index in [2.05, 4.69) is 16.1 Å². The Bertz CT molecular complexity index is 877. The summed E-state index contributed by atoms with van der Waals surface area (Å²) in [4.78, 5) is 14.8. The highest BCUT2D eigenvalue weighted by molar-refractivity contribution is 7.89. The summed E-state index contributed by atoms with van der Waals surface area (Å²) >= 11 is 0. The number of nitrogens with zero attached hydrogens (tertiary/aromatic N) is 2. The first-order valence-corrected chi connectivity index (χ1v) is 10.9. The van der Waals surface area contributed by atoms with Crippen LogP contribution in [-0.4, -0.2) is 49.9 Å². The van der Waals surface area contributed by atoms with Gasteiger partial charge in [-0.3, -0.25) is 4.79 Å². The third-order valence-electron chi connectivity index (χ3n) is 6.05. The van der Waals surface area contributed by atoms with Crippen LogP contribution in [0.2, 0.25) is 0 Å². The van der Waals surface area contributed by atoms with Crippen LogP contribution in [0.25, 0.3) is 0 Å². The van der Waals surface area contributed by atoms with Crippen LogP contribution in [0, 0.1) is 24.2 Å². The molecule has 1 aliphatic carbocycles. The minimum atomic E-state index is -3.58. The Kier molecular flexibility index (Phi) is 4.70. The van der Waals surface area contributed by atoms with E-state index < -0.39 is 10.0 Å². The number of benzene rings is 1. The maximum atomic E-state index is 12.8. The van der Waals surface area contributed by atoms with Crippen molar-refractivity contribution in [2.24, 2.45) is 5.92 Å². The van der Waals surface area contributed by atoms with Crippen molar-refractivity contribution in [3.05, 3.63) is 29.8 Å². The van der Waals surface area contributed by atoms with Crippen molar-refractivity contribution in [1.29, 1.82) is 5.26 Å². The van der Waals surface area contributed by atoms with Gasteiger partial charge in [-0.2, -0.15) is 5.26 Å². The molecule has 5 atom stereocenters. The molecule has 2 bridgehead atoms. The molecule has 0 aromatic heterocycles. The summed E-state index contributed by atoms with van der Waals surface area (Å²) in [5.74, 6) is 0.0968. The van der Waals surface area contributed by atoms with Crippen LogP contribution in [0.15, 0.2) is 29.2 Å². The quantitative estimate of drug-likeness (QED) is 0.798. The van der Waals surface area contributed by atoms with Crippen LogP contribution in [-0.2, 0) is 14.8 Å². The van der Waals surface area contributed by atoms with Gasteiger partial charge in [-0.1, -0.05) is 17.7 Å². The Morgan fingerprint density at radius 1 is 1.30 bits per heavy atom. The number of hydrogen-bond acceptors (Lipinski definition) is 5. The van der Waals surface area contributed by atoms with E-state index in [0.29, 0.717) is 13.0 Å². The van der Waals surface area contributed by atoms with Gasteiger partial charge in [0, 0.05) is 18.6 Å². The molecule has 2 aliphatic heterocycles. The lowest BCUT2D eigenvalue weighted by molar-refractivity contribution is -0.134. The van der Waals surface area contributed by atoms with Crippen molar-refractivity contribution < 1.29 is 13.2 Å². The first-order valence-electron chi connectivity index (χ1n) is 9.44. The van der Waals surface area contributed by atoms with Gasteiger partial charge >= 0.3 is 0 Å². The number of fused-ring (bicyclic) bond motifs is 2. The predicted octanol–water partition coefficient (Wildman–Crippen LogP) is 0.907. The van der Waals surface area contributed by atoms with Gasteiger partial charge in [0.05, 0.1) is 17.0 Å². The number of hydrogen-bond donors (Lipinski definition) is 2. The molecule has 27 heavy (non-hydrogen) atoms. The Morgan fingerprint density at radius 3 is 2.67 bits per heavy atom. The molecule has 1 aromatic carbocycles. The van der Waals surface area contributed by atoms with Gasteiger partial charge in [0.1, 0.15) is 6.04 Å². The van der Waals surface area contributed by atoms with E-state index in [-0.39, 0.29) is 40.9 Å². The standard InChI is InChI=1S/C19H24N4O3S/c1-12-4-6-15(7-5-12)27(25,26)22-17-10-13-9-16(17)21-18(13)19(24)23-8-2-3-14(23)11-20/h4-7,13-14,16-18,21-22H,2-3,8-10H2,1H3/t13-,14+,16+,17-,18+/m1/s1. The molecule has 0 radical (unpaired) electrons. The van der Waals surface area contributed by atoms with Crippen LogP contribution in [0.3, 0.4) is 0 Å². The largest absolute Gasteiger partial charge is 0.325 e. The van der Waals surface area contributed by atoms with Gasteiger partial charge in [0.15, 0.2) is 0 Å². The second-order valence-corrected chi connectivity index (χ2v) is 9.56. The highest BCUT2D eigenvalue weighted by atomic mass is 32.2. The van der Waals surface area contributed by atoms with E-state index in [4.69, 9.17) is 0 Å². The van der Waals surface area contributed by atoms with Crippen molar-refractivity contribution in [1.82, 2.24) is 14.9 Å². The van der Waals surface area contributed by atoms with Crippen molar-refractivity contribution in [3.63, 3.8) is 0 Å². The average molecular weight is 388 g/mol. The summed E-state index contributed by atoms with van der Waals surface area (Å²) in [5, 5.41) is 12.5. The third kappa shape index (κ3) is 3.35. The van der Waals surface area contributed by atoms with Crippen LogP contribution in [0.4, 0.5) is 0 Å². The second-order valence-electron chi connectivity index (χ2n) is 7.84. The summed E-state index contributed by atoms with van der Waals surface area (Å²) in [5.41, 5.74) is 1.01. The number of nitriles is 1. The fourth-order valence-electron chi connectivity index (χ4n) is 4.63. The number of carbonyl (C=O) groups excluding carboxylic acids is 1. The monoisotopic (exact) mass is 388 g/mol. The van der Waals surface area contributed by atoms with E-state index in [1.807, 2.05) is 6.92 Å². The van der Waals surface area contributed by atoms with Gasteiger partial charge in [-0.15, -0.1) is 0 Å². The minimum absolute atomic E-state index is 0.00797. The zero-order valence-electron chi connectivity index (χ0n) is 15.3. The number of likely N-dealkylation sites (tertiary alicyclic amines) is 1. The number of piperidine rings is 1. The molecule has 2 saturated heterocycles. The van der Waals surface area contributed by atoms with Crippen molar-refractivity contribution in [3.8, 4) is 6.07 Å². The van der Waals surface area contributed by atoms with Gasteiger partial charge < -0.3 is 10.2 Å². The third-order valence-corrected chi connectivity index (χ3v) is 7.56. The van der Waals surface area contributed by atoms with Crippen LogP contribution in [0.1, 0.15) is 31.2 Å². The van der Waals surface area contributed by atoms with E-state index in [9.17, 15) is 18.5 Å².